The third-order valence-corrected chi connectivity index (χ3v) is 3.81. The van der Waals surface area contributed by atoms with Crippen molar-refractivity contribution in [1.82, 2.24) is 4.72 Å². The molecule has 0 amide bonds. The molecule has 2 N–H and O–H groups in total. The van der Waals surface area contributed by atoms with Gasteiger partial charge in [0, 0.05) is 13.7 Å². The maximum atomic E-state index is 11.7. The largest absolute Gasteiger partial charge is 0.480 e. The van der Waals surface area contributed by atoms with Gasteiger partial charge >= 0.3 is 5.97 Å². The number of hydrogen-bond donors (Lipinski definition) is 2. The van der Waals surface area contributed by atoms with Crippen LogP contribution in [0.25, 0.3) is 0 Å². The maximum absolute atomic E-state index is 11.7. The first-order valence-corrected chi connectivity index (χ1v) is 7.65. The SMILES string of the molecule is COCCCCS(=O)(=O)NC(CC(C)C)C(=O)O. The van der Waals surface area contributed by atoms with E-state index in [2.05, 4.69) is 4.72 Å². The van der Waals surface area contributed by atoms with Gasteiger partial charge in [-0.2, -0.15) is 0 Å². The van der Waals surface area contributed by atoms with Gasteiger partial charge in [0.1, 0.15) is 6.04 Å². The number of ether oxygens (including phenoxy) is 1. The number of sulfonamides is 1. The van der Waals surface area contributed by atoms with Crippen LogP contribution in [0.15, 0.2) is 0 Å². The van der Waals surface area contributed by atoms with E-state index in [1.54, 1.807) is 7.11 Å². The van der Waals surface area contributed by atoms with Crippen LogP contribution in [0, 0.1) is 5.92 Å². The molecule has 0 heterocycles. The lowest BCUT2D eigenvalue weighted by atomic mass is 10.1. The van der Waals surface area contributed by atoms with E-state index < -0.39 is 22.0 Å². The molecule has 0 spiro atoms. The molecular weight excluding hydrogens is 258 g/mol. The van der Waals surface area contributed by atoms with Gasteiger partial charge in [0.25, 0.3) is 0 Å². The number of aliphatic carboxylic acids is 1. The van der Waals surface area contributed by atoms with Crippen molar-refractivity contribution in [1.29, 1.82) is 0 Å². The summed E-state index contributed by atoms with van der Waals surface area (Å²) in [6.07, 6.45) is 1.38. The van der Waals surface area contributed by atoms with Gasteiger partial charge in [0.2, 0.25) is 10.0 Å². The smallest absolute Gasteiger partial charge is 0.321 e. The Labute approximate surface area is 109 Å². The summed E-state index contributed by atoms with van der Waals surface area (Å²) < 4.78 is 30.4. The van der Waals surface area contributed by atoms with Gasteiger partial charge in [-0.15, -0.1) is 0 Å². The number of carboxylic acids is 1. The van der Waals surface area contributed by atoms with Crippen LogP contribution < -0.4 is 4.72 Å². The van der Waals surface area contributed by atoms with Crippen LogP contribution in [0.5, 0.6) is 0 Å². The number of methoxy groups -OCH3 is 1. The van der Waals surface area contributed by atoms with E-state index in [-0.39, 0.29) is 18.1 Å². The Kier molecular flexibility index (Phi) is 8.13. The number of unbranched alkanes of at least 4 members (excludes halogenated alkanes) is 1. The summed E-state index contributed by atoms with van der Waals surface area (Å²) >= 11 is 0. The van der Waals surface area contributed by atoms with Gasteiger partial charge in [-0.05, 0) is 25.2 Å². The molecule has 0 aliphatic heterocycles. The average Bonchev–Trinajstić information content (AvgIpc) is 2.22. The van der Waals surface area contributed by atoms with Crippen LogP contribution in [0.3, 0.4) is 0 Å². The zero-order valence-corrected chi connectivity index (χ0v) is 12.0. The van der Waals surface area contributed by atoms with Gasteiger partial charge in [-0.3, -0.25) is 4.79 Å². The lowest BCUT2D eigenvalue weighted by molar-refractivity contribution is -0.139. The van der Waals surface area contributed by atoms with Crippen LogP contribution in [0.1, 0.15) is 33.1 Å². The van der Waals surface area contributed by atoms with E-state index >= 15 is 0 Å². The molecule has 6 nitrogen and oxygen atoms in total. The van der Waals surface area contributed by atoms with Gasteiger partial charge in [-0.1, -0.05) is 13.8 Å². The standard InChI is InChI=1S/C11H23NO5S/c1-9(2)8-10(11(13)14)12-18(15,16)7-5-4-6-17-3/h9-10,12H,4-8H2,1-3H3,(H,13,14). The Morgan fingerprint density at radius 1 is 1.33 bits per heavy atom. The molecular formula is C11H23NO5S. The summed E-state index contributed by atoms with van der Waals surface area (Å²) in [6.45, 7) is 4.20. The molecule has 0 fully saturated rings. The minimum atomic E-state index is -3.54. The molecule has 108 valence electrons. The first kappa shape index (κ1) is 17.3. The fraction of sp³-hybridized carbons (Fsp3) is 0.909. The molecule has 0 radical (unpaired) electrons. The third-order valence-electron chi connectivity index (χ3n) is 2.34. The van der Waals surface area contributed by atoms with Crippen molar-refractivity contribution in [3.8, 4) is 0 Å². The van der Waals surface area contributed by atoms with Crippen LogP contribution in [-0.2, 0) is 19.6 Å². The minimum absolute atomic E-state index is 0.0712. The molecule has 0 saturated carbocycles. The molecule has 7 heteroatoms. The Morgan fingerprint density at radius 3 is 2.39 bits per heavy atom. The summed E-state index contributed by atoms with van der Waals surface area (Å²) in [4.78, 5) is 10.9. The molecule has 0 aromatic carbocycles. The number of rotatable bonds is 10. The zero-order chi connectivity index (χ0) is 14.2. The summed E-state index contributed by atoms with van der Waals surface area (Å²) in [5.41, 5.74) is 0. The van der Waals surface area contributed by atoms with Crippen molar-refractivity contribution in [2.24, 2.45) is 5.92 Å². The third kappa shape index (κ3) is 8.43. The molecule has 18 heavy (non-hydrogen) atoms. The Hall–Kier alpha value is -0.660. The molecule has 0 aromatic heterocycles. The van der Waals surface area contributed by atoms with Crippen molar-refractivity contribution in [2.45, 2.75) is 39.2 Å². The molecule has 0 aliphatic rings. The van der Waals surface area contributed by atoms with Crippen LogP contribution in [-0.4, -0.2) is 45.0 Å². The Morgan fingerprint density at radius 2 is 1.94 bits per heavy atom. The van der Waals surface area contributed by atoms with E-state index in [1.807, 2.05) is 13.8 Å². The average molecular weight is 281 g/mol. The number of nitrogens with one attached hydrogen (secondary N) is 1. The van der Waals surface area contributed by atoms with Gasteiger partial charge in [-0.25, -0.2) is 13.1 Å². The molecule has 1 atom stereocenters. The summed E-state index contributed by atoms with van der Waals surface area (Å²) in [5, 5.41) is 8.95. The number of carboxylic acid groups (broad SMARTS) is 1. The van der Waals surface area contributed by atoms with Crippen molar-refractivity contribution >= 4 is 16.0 Å². The Bertz CT molecular complexity index is 339. The molecule has 0 bridgehead atoms. The van der Waals surface area contributed by atoms with Crippen molar-refractivity contribution in [3.63, 3.8) is 0 Å². The molecule has 0 aromatic rings. The van der Waals surface area contributed by atoms with Gasteiger partial charge in [0.05, 0.1) is 5.75 Å². The van der Waals surface area contributed by atoms with Crippen LogP contribution >= 0.6 is 0 Å². The minimum Gasteiger partial charge on any atom is -0.480 e. The van der Waals surface area contributed by atoms with Crippen LogP contribution in [0.2, 0.25) is 0 Å². The first-order chi connectivity index (χ1) is 8.28. The summed E-state index contributed by atoms with van der Waals surface area (Å²) in [6, 6.07) is -1.04. The normalized spacial score (nSPS) is 13.8. The molecule has 1 unspecified atom stereocenters. The van der Waals surface area contributed by atoms with Gasteiger partial charge in [0.15, 0.2) is 0 Å². The van der Waals surface area contributed by atoms with E-state index in [4.69, 9.17) is 9.84 Å². The maximum Gasteiger partial charge on any atom is 0.321 e. The monoisotopic (exact) mass is 281 g/mol. The highest BCUT2D eigenvalue weighted by atomic mass is 32.2. The van der Waals surface area contributed by atoms with Crippen molar-refractivity contribution in [3.05, 3.63) is 0 Å². The zero-order valence-electron chi connectivity index (χ0n) is 11.2. The van der Waals surface area contributed by atoms with Crippen molar-refractivity contribution < 1.29 is 23.1 Å². The second-order valence-corrected chi connectivity index (χ2v) is 6.53. The van der Waals surface area contributed by atoms with E-state index in [0.717, 1.165) is 0 Å². The van der Waals surface area contributed by atoms with Crippen molar-refractivity contribution in [2.75, 3.05) is 19.5 Å². The highest BCUT2D eigenvalue weighted by molar-refractivity contribution is 7.89. The topological polar surface area (TPSA) is 92.7 Å². The Balaban J connectivity index is 4.29. The fourth-order valence-corrected chi connectivity index (χ4v) is 2.82. The molecule has 0 aliphatic carbocycles. The highest BCUT2D eigenvalue weighted by Crippen LogP contribution is 2.07. The summed E-state index contributed by atoms with van der Waals surface area (Å²) in [5.74, 6) is -1.09. The quantitative estimate of drug-likeness (QED) is 0.579. The predicted octanol–water partition coefficient (Wildman–Crippen LogP) is 0.832. The fourth-order valence-electron chi connectivity index (χ4n) is 1.48. The lowest BCUT2D eigenvalue weighted by Gasteiger charge is -2.16. The predicted molar refractivity (Wildman–Crippen MR) is 68.9 cm³/mol. The van der Waals surface area contributed by atoms with Gasteiger partial charge < -0.3 is 9.84 Å². The lowest BCUT2D eigenvalue weighted by Crippen LogP contribution is -2.42. The second kappa shape index (κ2) is 8.44. The highest BCUT2D eigenvalue weighted by Gasteiger charge is 2.24. The first-order valence-electron chi connectivity index (χ1n) is 6.00. The summed E-state index contributed by atoms with van der Waals surface area (Å²) in [7, 11) is -1.99. The van der Waals surface area contributed by atoms with E-state index in [0.29, 0.717) is 19.4 Å². The van der Waals surface area contributed by atoms with Crippen LogP contribution in [0.4, 0.5) is 0 Å². The van der Waals surface area contributed by atoms with E-state index in [1.165, 1.54) is 0 Å². The van der Waals surface area contributed by atoms with E-state index in [9.17, 15) is 13.2 Å². The number of hydrogen-bond acceptors (Lipinski definition) is 4. The molecule has 0 rings (SSSR count). The molecule has 0 saturated heterocycles. The second-order valence-electron chi connectivity index (χ2n) is 4.66. The number of carbonyl (C=O) groups is 1.